The van der Waals surface area contributed by atoms with E-state index >= 15 is 0 Å². The lowest BCUT2D eigenvalue weighted by Gasteiger charge is -2.42. The molecule has 2 fully saturated rings. The summed E-state index contributed by atoms with van der Waals surface area (Å²) in [6.45, 7) is 1.76. The third-order valence-electron chi connectivity index (χ3n) is 3.34. The average molecular weight is 155 g/mol. The molecular formula is C7H14BNO2. The van der Waals surface area contributed by atoms with Gasteiger partial charge in [-0.25, -0.2) is 0 Å². The molecule has 1 heterocycles. The van der Waals surface area contributed by atoms with Gasteiger partial charge in [0.1, 0.15) is 0 Å². The van der Waals surface area contributed by atoms with Crippen LogP contribution in [-0.4, -0.2) is 30.3 Å². The minimum absolute atomic E-state index is 0.0799. The van der Waals surface area contributed by atoms with Crippen LogP contribution in [0.4, 0.5) is 0 Å². The second kappa shape index (κ2) is 2.47. The summed E-state index contributed by atoms with van der Waals surface area (Å²) >= 11 is 0. The second-order valence-corrected chi connectivity index (χ2v) is 3.87. The Morgan fingerprint density at radius 1 is 1.36 bits per heavy atom. The van der Waals surface area contributed by atoms with Crippen LogP contribution in [0, 0.1) is 5.41 Å². The molecule has 2 aliphatic rings. The molecule has 1 aliphatic heterocycles. The van der Waals surface area contributed by atoms with Gasteiger partial charge in [-0.1, -0.05) is 6.42 Å². The summed E-state index contributed by atoms with van der Waals surface area (Å²) in [5.41, 5.74) is 0.244. The van der Waals surface area contributed by atoms with Gasteiger partial charge in [0.15, 0.2) is 0 Å². The van der Waals surface area contributed by atoms with E-state index in [0.29, 0.717) is 0 Å². The topological polar surface area (TPSA) is 52.5 Å². The summed E-state index contributed by atoms with van der Waals surface area (Å²) in [5.74, 6) is 0.0799. The third kappa shape index (κ3) is 1.01. The summed E-state index contributed by atoms with van der Waals surface area (Å²) in [6.07, 6.45) is 3.59. The van der Waals surface area contributed by atoms with Gasteiger partial charge >= 0.3 is 7.12 Å². The highest BCUT2D eigenvalue weighted by Gasteiger charge is 2.51. The predicted molar refractivity (Wildman–Crippen MR) is 43.1 cm³/mol. The molecule has 1 atom stereocenters. The Hall–Kier alpha value is -0.0551. The van der Waals surface area contributed by atoms with Gasteiger partial charge in [0.2, 0.25) is 0 Å². The molecule has 0 aromatic heterocycles. The van der Waals surface area contributed by atoms with Crippen molar-refractivity contribution in [1.82, 2.24) is 5.32 Å². The molecule has 0 amide bonds. The van der Waals surface area contributed by atoms with Crippen molar-refractivity contribution >= 4 is 7.12 Å². The van der Waals surface area contributed by atoms with Crippen molar-refractivity contribution in [2.75, 3.05) is 13.1 Å². The number of hydrogen-bond donors (Lipinski definition) is 3. The van der Waals surface area contributed by atoms with Crippen molar-refractivity contribution in [3.8, 4) is 0 Å². The van der Waals surface area contributed by atoms with E-state index in [1.807, 2.05) is 0 Å². The van der Waals surface area contributed by atoms with Gasteiger partial charge in [-0.2, -0.15) is 0 Å². The highest BCUT2D eigenvalue weighted by Crippen LogP contribution is 2.52. The molecule has 3 N–H and O–H groups in total. The standard InChI is InChI=1S/C7H14BNO2/c10-8(11)6-4-9-5-7(6)2-1-3-7/h6,9-11H,1-5H2. The zero-order chi connectivity index (χ0) is 7.90. The maximum atomic E-state index is 9.07. The average Bonchev–Trinajstić information content (AvgIpc) is 2.27. The molecule has 1 saturated heterocycles. The Bertz CT molecular complexity index is 159. The van der Waals surface area contributed by atoms with Gasteiger partial charge in [-0.15, -0.1) is 0 Å². The van der Waals surface area contributed by atoms with Crippen LogP contribution in [0.15, 0.2) is 0 Å². The van der Waals surface area contributed by atoms with E-state index in [-0.39, 0.29) is 11.2 Å². The van der Waals surface area contributed by atoms with Crippen LogP contribution >= 0.6 is 0 Å². The largest absolute Gasteiger partial charge is 0.456 e. The van der Waals surface area contributed by atoms with Crippen molar-refractivity contribution in [2.24, 2.45) is 5.41 Å². The highest BCUT2D eigenvalue weighted by molar-refractivity contribution is 6.43. The summed E-state index contributed by atoms with van der Waals surface area (Å²) in [7, 11) is -1.12. The van der Waals surface area contributed by atoms with Gasteiger partial charge < -0.3 is 15.4 Å². The van der Waals surface area contributed by atoms with Crippen LogP contribution in [0.5, 0.6) is 0 Å². The van der Waals surface area contributed by atoms with E-state index in [2.05, 4.69) is 5.32 Å². The Morgan fingerprint density at radius 3 is 2.45 bits per heavy atom. The van der Waals surface area contributed by atoms with Gasteiger partial charge in [0.05, 0.1) is 0 Å². The van der Waals surface area contributed by atoms with Crippen molar-refractivity contribution in [1.29, 1.82) is 0 Å². The lowest BCUT2D eigenvalue weighted by molar-refractivity contribution is 0.145. The SMILES string of the molecule is OB(O)C1CNCC12CCC2. The molecule has 4 heteroatoms. The smallest absolute Gasteiger partial charge is 0.427 e. The van der Waals surface area contributed by atoms with Crippen molar-refractivity contribution in [2.45, 2.75) is 25.1 Å². The first-order chi connectivity index (χ1) is 5.25. The lowest BCUT2D eigenvalue weighted by atomic mass is 9.51. The van der Waals surface area contributed by atoms with E-state index in [4.69, 9.17) is 10.0 Å². The summed E-state index contributed by atoms with van der Waals surface area (Å²) in [5, 5.41) is 21.4. The van der Waals surface area contributed by atoms with E-state index < -0.39 is 7.12 Å². The Labute approximate surface area is 66.9 Å². The Kier molecular flexibility index (Phi) is 1.70. The second-order valence-electron chi connectivity index (χ2n) is 3.87. The van der Waals surface area contributed by atoms with Crippen LogP contribution in [0.3, 0.4) is 0 Å². The van der Waals surface area contributed by atoms with Crippen molar-refractivity contribution in [3.63, 3.8) is 0 Å². The maximum absolute atomic E-state index is 9.07. The molecule has 1 aliphatic carbocycles. The van der Waals surface area contributed by atoms with Crippen LogP contribution in [0.2, 0.25) is 5.82 Å². The first-order valence-corrected chi connectivity index (χ1v) is 4.31. The first kappa shape index (κ1) is 7.59. The summed E-state index contributed by atoms with van der Waals surface area (Å²) in [6, 6.07) is 0. The molecule has 0 aromatic rings. The fourth-order valence-corrected chi connectivity index (χ4v) is 2.42. The molecule has 1 unspecified atom stereocenters. The molecule has 62 valence electrons. The quantitative estimate of drug-likeness (QED) is 0.451. The van der Waals surface area contributed by atoms with Crippen LogP contribution in [0.25, 0.3) is 0 Å². The van der Waals surface area contributed by atoms with Gasteiger partial charge in [0.25, 0.3) is 0 Å². The van der Waals surface area contributed by atoms with E-state index in [0.717, 1.165) is 13.1 Å². The molecule has 0 radical (unpaired) electrons. The minimum atomic E-state index is -1.12. The monoisotopic (exact) mass is 155 g/mol. The predicted octanol–water partition coefficient (Wildman–Crippen LogP) is -0.397. The van der Waals surface area contributed by atoms with Crippen LogP contribution in [-0.2, 0) is 0 Å². The minimum Gasteiger partial charge on any atom is -0.427 e. The van der Waals surface area contributed by atoms with Crippen molar-refractivity contribution in [3.05, 3.63) is 0 Å². The Morgan fingerprint density at radius 2 is 2.09 bits per heavy atom. The van der Waals surface area contributed by atoms with Crippen molar-refractivity contribution < 1.29 is 10.0 Å². The molecule has 3 nitrogen and oxygen atoms in total. The fraction of sp³-hybridized carbons (Fsp3) is 1.00. The normalized spacial score (nSPS) is 33.8. The molecule has 0 bridgehead atoms. The third-order valence-corrected chi connectivity index (χ3v) is 3.34. The van der Waals surface area contributed by atoms with E-state index in [9.17, 15) is 0 Å². The summed E-state index contributed by atoms with van der Waals surface area (Å²) in [4.78, 5) is 0. The molecular weight excluding hydrogens is 141 g/mol. The van der Waals surface area contributed by atoms with Crippen LogP contribution < -0.4 is 5.32 Å². The number of rotatable bonds is 1. The van der Waals surface area contributed by atoms with Gasteiger partial charge in [-0.05, 0) is 24.8 Å². The highest BCUT2D eigenvalue weighted by atomic mass is 16.4. The fourth-order valence-electron chi connectivity index (χ4n) is 2.42. The van der Waals surface area contributed by atoms with E-state index in [1.165, 1.54) is 19.3 Å². The van der Waals surface area contributed by atoms with Gasteiger partial charge in [0, 0.05) is 12.4 Å². The summed E-state index contributed by atoms with van der Waals surface area (Å²) < 4.78 is 0. The first-order valence-electron chi connectivity index (χ1n) is 4.31. The zero-order valence-corrected chi connectivity index (χ0v) is 6.58. The Balaban J connectivity index is 2.07. The number of nitrogens with one attached hydrogen (secondary N) is 1. The maximum Gasteiger partial charge on any atom is 0.456 e. The molecule has 1 saturated carbocycles. The molecule has 11 heavy (non-hydrogen) atoms. The van der Waals surface area contributed by atoms with Gasteiger partial charge in [-0.3, -0.25) is 0 Å². The molecule has 2 rings (SSSR count). The molecule has 1 spiro atoms. The zero-order valence-electron chi connectivity index (χ0n) is 6.58. The lowest BCUT2D eigenvalue weighted by Crippen LogP contribution is -2.40. The molecule has 0 aromatic carbocycles. The van der Waals surface area contributed by atoms with Crippen LogP contribution in [0.1, 0.15) is 19.3 Å². The van der Waals surface area contributed by atoms with E-state index in [1.54, 1.807) is 0 Å². The number of hydrogen-bond acceptors (Lipinski definition) is 3.